The molecule has 2 aliphatic heterocycles. The first-order chi connectivity index (χ1) is 53.1. The van der Waals surface area contributed by atoms with Gasteiger partial charge in [-0.15, -0.1) is 90.7 Å². The zero-order valence-electron chi connectivity index (χ0n) is 61.7. The number of fused-ring (bicyclic) bond motifs is 32. The Balaban J connectivity index is 0.0000000908. The summed E-state index contributed by atoms with van der Waals surface area (Å²) < 4.78 is 74.0. The molecular formula is C96H68O4S10. The van der Waals surface area contributed by atoms with Crippen molar-refractivity contribution in [3.63, 3.8) is 0 Å². The van der Waals surface area contributed by atoms with Gasteiger partial charge in [-0.25, -0.2) is 16.8 Å². The second-order valence-electron chi connectivity index (χ2n) is 29.8. The number of hydrogen-bond acceptors (Lipinski definition) is 12. The molecule has 14 heteroatoms. The Morgan fingerprint density at radius 3 is 0.709 bits per heavy atom. The molecule has 2 aliphatic rings. The summed E-state index contributed by atoms with van der Waals surface area (Å²) in [7, 11) is -7.60. The Hall–Kier alpha value is -9.52. The molecule has 4 nitrogen and oxygen atoms in total. The van der Waals surface area contributed by atoms with Crippen molar-refractivity contribution in [1.82, 2.24) is 0 Å². The molecule has 22 aromatic rings. The van der Waals surface area contributed by atoms with Crippen molar-refractivity contribution < 1.29 is 16.8 Å². The van der Waals surface area contributed by atoms with Crippen molar-refractivity contribution in [1.29, 1.82) is 0 Å². The van der Waals surface area contributed by atoms with E-state index in [0.29, 0.717) is 0 Å². The molecule has 0 radical (unpaired) electrons. The summed E-state index contributed by atoms with van der Waals surface area (Å²) in [6.45, 7) is 20.9. The van der Waals surface area contributed by atoms with Crippen LogP contribution < -0.4 is 0 Å². The number of aryl methyl sites for hydroxylation is 10. The van der Waals surface area contributed by atoms with Gasteiger partial charge in [0.05, 0.1) is 38.4 Å². The van der Waals surface area contributed by atoms with E-state index in [0.717, 1.165) is 11.1 Å². The Labute approximate surface area is 668 Å². The minimum atomic E-state index is -3.80. The lowest BCUT2D eigenvalue weighted by atomic mass is 10.0. The lowest BCUT2D eigenvalue weighted by Crippen LogP contribution is -2.04. The molecule has 8 aromatic heterocycles. The lowest BCUT2D eigenvalue weighted by molar-refractivity contribution is 0.606. The van der Waals surface area contributed by atoms with Crippen LogP contribution in [0.4, 0.5) is 0 Å². The highest BCUT2D eigenvalue weighted by Gasteiger charge is 2.49. The van der Waals surface area contributed by atoms with Gasteiger partial charge in [-0.2, -0.15) is 0 Å². The summed E-state index contributed by atoms with van der Waals surface area (Å²) in [4.78, 5) is 0.0470. The molecular weight excluding hydrogens is 1540 g/mol. The van der Waals surface area contributed by atoms with Crippen LogP contribution in [0.3, 0.4) is 0 Å². The molecule has 0 spiro atoms. The van der Waals surface area contributed by atoms with Gasteiger partial charge >= 0.3 is 0 Å². The third kappa shape index (κ3) is 11.2. The zero-order valence-corrected chi connectivity index (χ0v) is 69.8. The van der Waals surface area contributed by atoms with Crippen LogP contribution in [-0.2, 0) is 19.7 Å². The van der Waals surface area contributed by atoms with Crippen LogP contribution >= 0.6 is 90.7 Å². The van der Waals surface area contributed by atoms with Crippen LogP contribution in [-0.4, -0.2) is 16.8 Å². The van der Waals surface area contributed by atoms with Gasteiger partial charge in [0.2, 0.25) is 19.7 Å². The predicted octanol–water partition coefficient (Wildman–Crippen LogP) is 30.9. The summed E-state index contributed by atoms with van der Waals surface area (Å²) in [6, 6.07) is 82.6. The van der Waals surface area contributed by atoms with Gasteiger partial charge in [-0.1, -0.05) is 168 Å². The number of rotatable bonds is 0. The fraction of sp³-hybridized carbons (Fsp3) is 0.104. The predicted molar refractivity (Wildman–Crippen MR) is 490 cm³/mol. The van der Waals surface area contributed by atoms with Gasteiger partial charge < -0.3 is 0 Å². The molecule has 14 aromatic carbocycles. The van der Waals surface area contributed by atoms with Crippen LogP contribution in [0, 0.1) is 69.2 Å². The maximum absolute atomic E-state index is 12.8. The van der Waals surface area contributed by atoms with Gasteiger partial charge in [-0.05, 0) is 188 Å². The highest BCUT2D eigenvalue weighted by Crippen LogP contribution is 2.56. The van der Waals surface area contributed by atoms with E-state index < -0.39 is 19.7 Å². The minimum absolute atomic E-state index is 0.0666. The van der Waals surface area contributed by atoms with Crippen molar-refractivity contribution >= 4 is 282 Å². The molecule has 0 unspecified atom stereocenters. The average Bonchev–Trinajstić information content (AvgIpc) is 1.52. The normalized spacial score (nSPS) is 13.6. The van der Waals surface area contributed by atoms with Crippen molar-refractivity contribution in [3.8, 4) is 0 Å². The fourth-order valence-electron chi connectivity index (χ4n) is 16.2. The molecule has 10 heterocycles. The molecule has 0 aliphatic carbocycles. The SMILES string of the molecule is Cc1ccc2c(c1)S(=O)(=O)C1=C2S(=O)(=O)c2cc(C)ccc21.Cc1ccc2c(c1)sc1c2ccc2c1ccc1c3ccc(C)cc3sc12.Cc1ccc2c(c1)sc1c3ccc(C)cc3sc21.Cc1ccc2sc3c(ccc4c3ccc3c5cc(C)ccc5sc34)c2c1.Cc1ccc2sc3c4cc(C)ccc4sc3c2c1. The molecule has 110 heavy (non-hydrogen) atoms. The summed E-state index contributed by atoms with van der Waals surface area (Å²) >= 11 is 15.4. The van der Waals surface area contributed by atoms with Crippen LogP contribution in [0.5, 0.6) is 0 Å². The third-order valence-electron chi connectivity index (χ3n) is 21.6. The largest absolute Gasteiger partial charge is 0.218 e. The molecule has 0 atom stereocenters. The van der Waals surface area contributed by atoms with E-state index in [1.165, 1.54) is 218 Å². The van der Waals surface area contributed by atoms with E-state index >= 15 is 0 Å². The quantitative estimate of drug-likeness (QED) is 0.152. The molecule has 0 bridgehead atoms. The maximum atomic E-state index is 12.8. The molecule has 0 fully saturated rings. The van der Waals surface area contributed by atoms with Crippen molar-refractivity contribution in [2.45, 2.75) is 79.0 Å². The molecule has 24 rings (SSSR count). The summed E-state index contributed by atoms with van der Waals surface area (Å²) in [5.41, 5.74) is 12.8. The van der Waals surface area contributed by atoms with Gasteiger partial charge in [0.1, 0.15) is 0 Å². The second-order valence-corrected chi connectivity index (χ2v) is 41.9. The fourth-order valence-corrected chi connectivity index (χ4v) is 31.2. The first-order valence-corrected chi connectivity index (χ1v) is 46.0. The molecule has 536 valence electrons. The summed E-state index contributed by atoms with van der Waals surface area (Å²) in [6.07, 6.45) is 0. The van der Waals surface area contributed by atoms with Crippen molar-refractivity contribution in [2.75, 3.05) is 0 Å². The van der Waals surface area contributed by atoms with E-state index in [1.54, 1.807) is 38.1 Å². The van der Waals surface area contributed by atoms with E-state index in [4.69, 9.17) is 0 Å². The Bertz CT molecular complexity index is 7590. The monoisotopic (exact) mass is 1600 g/mol. The van der Waals surface area contributed by atoms with Gasteiger partial charge in [-0.3, -0.25) is 0 Å². The van der Waals surface area contributed by atoms with E-state index in [-0.39, 0.29) is 30.7 Å². The number of hydrogen-bond donors (Lipinski definition) is 0. The number of benzene rings is 14. The minimum Gasteiger partial charge on any atom is -0.218 e. The van der Waals surface area contributed by atoms with Crippen LogP contribution in [0.15, 0.2) is 240 Å². The Kier molecular flexibility index (Phi) is 16.5. The smallest absolute Gasteiger partial charge is 0.209 e. The van der Waals surface area contributed by atoms with E-state index in [2.05, 4.69) is 250 Å². The molecule has 0 amide bonds. The Morgan fingerprint density at radius 2 is 0.373 bits per heavy atom. The third-order valence-corrected chi connectivity index (χ3v) is 35.4. The second kappa shape index (κ2) is 26.0. The number of thiophene rings is 8. The molecule has 0 saturated heterocycles. The van der Waals surface area contributed by atoms with Gasteiger partial charge in [0.15, 0.2) is 0 Å². The highest BCUT2D eigenvalue weighted by molar-refractivity contribution is 8.08. The van der Waals surface area contributed by atoms with Crippen molar-refractivity contribution in [3.05, 3.63) is 297 Å². The molecule has 0 saturated carbocycles. The summed E-state index contributed by atoms with van der Waals surface area (Å²) in [5, 5.41) is 22.3. The first-order valence-electron chi connectivity index (χ1n) is 36.5. The van der Waals surface area contributed by atoms with Crippen LogP contribution in [0.1, 0.15) is 66.8 Å². The van der Waals surface area contributed by atoms with Crippen LogP contribution in [0.2, 0.25) is 0 Å². The van der Waals surface area contributed by atoms with E-state index in [9.17, 15) is 16.8 Å². The van der Waals surface area contributed by atoms with Crippen LogP contribution in [0.25, 0.3) is 171 Å². The zero-order chi connectivity index (χ0) is 75.2. The van der Waals surface area contributed by atoms with Gasteiger partial charge in [0.25, 0.3) is 0 Å². The maximum Gasteiger partial charge on any atom is 0.209 e. The highest BCUT2D eigenvalue weighted by atomic mass is 32.2. The Morgan fingerprint density at radius 1 is 0.173 bits per heavy atom. The summed E-state index contributed by atoms with van der Waals surface area (Å²) in [5.74, 6) is 0. The topological polar surface area (TPSA) is 68.3 Å². The van der Waals surface area contributed by atoms with E-state index in [1.807, 2.05) is 90.7 Å². The van der Waals surface area contributed by atoms with Gasteiger partial charge in [0, 0.05) is 154 Å². The molecule has 0 N–H and O–H groups in total. The lowest BCUT2D eigenvalue weighted by Gasteiger charge is -2.09. The first kappa shape index (κ1) is 69.7. The average molecular weight is 1610 g/mol. The number of sulfone groups is 2. The van der Waals surface area contributed by atoms with Crippen molar-refractivity contribution in [2.24, 2.45) is 0 Å². The standard InChI is InChI=1S/2C24H16S2.C16H12O4S2.2C16H12S2/c1-13-3-9-21-19(11-13)17-7-5-16-15(23(17)25-21)6-8-18-20-12-14(2)4-10-22(20)26-24(16)18;1-13-3-5-15-17-7-9-20-19(23(17)25-21(15)11-13)10-8-18-16-6-4-14(2)12-22(16)26-24(18)20;1-9-3-5-11-13(7-9)21(17,18)16-12-6-4-10(2)8-14(12)22(19,20)15(11)16;1-9-3-5-13-11(7-9)15-16(17-13)12-8-10(2)4-6-14(12)18-15;1-9-3-5-11-13(7-9)17-16-12-6-4-10(2)8-14(12)18-15(11)16/h2*3-12H,1-2H3;3-8H,1-2H3;2*3-8H,1-2H3.